The van der Waals surface area contributed by atoms with Crippen molar-refractivity contribution in [2.24, 2.45) is 4.99 Å². The number of halogens is 2. The Morgan fingerprint density at radius 3 is 2.41 bits per heavy atom. The van der Waals surface area contributed by atoms with Crippen LogP contribution in [0, 0.1) is 0 Å². The Hall–Kier alpha value is -3.00. The number of amidine groups is 1. The standard InChI is InChI=1S/C25H21Cl2N3O3S/c1-33-21-9-7-16(8-10-21)15-30-23(31)14-22(34-25(30)29-19-5-3-2-4-6-19)24(32)28-20-12-17(26)11-18(27)13-20/h2-13,22H,14-15H2,1H3,(H,28,32). The van der Waals surface area contributed by atoms with Crippen LogP contribution in [0.25, 0.3) is 0 Å². The normalized spacial score (nSPS) is 17.0. The van der Waals surface area contributed by atoms with Gasteiger partial charge in [-0.3, -0.25) is 14.5 Å². The Morgan fingerprint density at radius 1 is 1.09 bits per heavy atom. The maximum Gasteiger partial charge on any atom is 0.238 e. The first-order valence-electron chi connectivity index (χ1n) is 10.4. The highest BCUT2D eigenvalue weighted by molar-refractivity contribution is 8.15. The highest BCUT2D eigenvalue weighted by Gasteiger charge is 2.36. The van der Waals surface area contributed by atoms with E-state index in [0.717, 1.165) is 11.3 Å². The van der Waals surface area contributed by atoms with Crippen LogP contribution in [0.4, 0.5) is 11.4 Å². The van der Waals surface area contributed by atoms with Crippen molar-refractivity contribution < 1.29 is 14.3 Å². The fraction of sp³-hybridized carbons (Fsp3) is 0.160. The van der Waals surface area contributed by atoms with Crippen molar-refractivity contribution in [3.8, 4) is 5.75 Å². The van der Waals surface area contributed by atoms with Crippen molar-refractivity contribution in [2.75, 3.05) is 12.4 Å². The average molecular weight is 514 g/mol. The molecule has 0 spiro atoms. The molecule has 0 bridgehead atoms. The number of aliphatic imine (C=N–C) groups is 1. The first-order chi connectivity index (χ1) is 16.4. The molecule has 1 aliphatic rings. The van der Waals surface area contributed by atoms with Crippen LogP contribution in [0.5, 0.6) is 5.75 Å². The molecule has 34 heavy (non-hydrogen) atoms. The van der Waals surface area contributed by atoms with Gasteiger partial charge in [0.2, 0.25) is 11.8 Å². The highest BCUT2D eigenvalue weighted by atomic mass is 35.5. The Balaban J connectivity index is 1.58. The van der Waals surface area contributed by atoms with E-state index in [1.54, 1.807) is 30.2 Å². The molecule has 4 rings (SSSR count). The maximum absolute atomic E-state index is 13.2. The largest absolute Gasteiger partial charge is 0.497 e. The molecule has 3 aromatic carbocycles. The van der Waals surface area contributed by atoms with Crippen LogP contribution < -0.4 is 10.1 Å². The summed E-state index contributed by atoms with van der Waals surface area (Å²) in [4.78, 5) is 32.5. The van der Waals surface area contributed by atoms with E-state index in [2.05, 4.69) is 10.3 Å². The van der Waals surface area contributed by atoms with Crippen LogP contribution in [0.3, 0.4) is 0 Å². The lowest BCUT2D eigenvalue weighted by atomic mass is 10.2. The summed E-state index contributed by atoms with van der Waals surface area (Å²) in [6.07, 6.45) is 0.0365. The van der Waals surface area contributed by atoms with Gasteiger partial charge in [-0.25, -0.2) is 4.99 Å². The smallest absolute Gasteiger partial charge is 0.238 e. The number of rotatable bonds is 6. The van der Waals surface area contributed by atoms with E-state index in [9.17, 15) is 9.59 Å². The topological polar surface area (TPSA) is 71.0 Å². The number of benzene rings is 3. The Kier molecular flexibility index (Phi) is 7.77. The van der Waals surface area contributed by atoms with E-state index in [1.165, 1.54) is 11.8 Å². The van der Waals surface area contributed by atoms with Gasteiger partial charge in [-0.05, 0) is 48.0 Å². The quantitative estimate of drug-likeness (QED) is 0.428. The summed E-state index contributed by atoms with van der Waals surface area (Å²) >= 11 is 13.3. The molecule has 1 unspecified atom stereocenters. The molecule has 1 fully saturated rings. The van der Waals surface area contributed by atoms with Crippen LogP contribution in [0.2, 0.25) is 10.0 Å². The number of hydrogen-bond donors (Lipinski definition) is 1. The number of para-hydroxylation sites is 1. The fourth-order valence-electron chi connectivity index (χ4n) is 3.37. The molecule has 9 heteroatoms. The molecule has 1 N–H and O–H groups in total. The van der Waals surface area contributed by atoms with Gasteiger partial charge in [0, 0.05) is 22.2 Å². The number of hydrogen-bond acceptors (Lipinski definition) is 5. The summed E-state index contributed by atoms with van der Waals surface area (Å²) in [7, 11) is 1.60. The zero-order valence-electron chi connectivity index (χ0n) is 18.2. The molecule has 1 saturated heterocycles. The van der Waals surface area contributed by atoms with Gasteiger partial charge in [-0.1, -0.05) is 65.3 Å². The van der Waals surface area contributed by atoms with Gasteiger partial charge in [0.25, 0.3) is 0 Å². The molecular formula is C25H21Cl2N3O3S. The van der Waals surface area contributed by atoms with Gasteiger partial charge in [0.05, 0.1) is 19.3 Å². The fourth-order valence-corrected chi connectivity index (χ4v) is 5.00. The lowest BCUT2D eigenvalue weighted by molar-refractivity contribution is -0.129. The minimum atomic E-state index is -0.653. The molecule has 0 aromatic heterocycles. The number of thioether (sulfide) groups is 1. The molecule has 0 saturated carbocycles. The molecule has 1 heterocycles. The second-order valence-corrected chi connectivity index (χ2v) is 9.56. The summed E-state index contributed by atoms with van der Waals surface area (Å²) < 4.78 is 5.22. The maximum atomic E-state index is 13.2. The molecule has 3 aromatic rings. The van der Waals surface area contributed by atoms with Gasteiger partial charge in [0.15, 0.2) is 5.17 Å². The van der Waals surface area contributed by atoms with Gasteiger partial charge in [-0.2, -0.15) is 0 Å². The van der Waals surface area contributed by atoms with Crippen molar-refractivity contribution in [1.82, 2.24) is 4.90 Å². The van der Waals surface area contributed by atoms with Crippen LogP contribution in [-0.2, 0) is 16.1 Å². The summed E-state index contributed by atoms with van der Waals surface area (Å²) in [5.41, 5.74) is 2.09. The van der Waals surface area contributed by atoms with E-state index < -0.39 is 5.25 Å². The Morgan fingerprint density at radius 2 is 1.76 bits per heavy atom. The average Bonchev–Trinajstić information content (AvgIpc) is 2.81. The minimum Gasteiger partial charge on any atom is -0.497 e. The SMILES string of the molecule is COc1ccc(CN2C(=O)CC(C(=O)Nc3cc(Cl)cc(Cl)c3)SC2=Nc2ccccc2)cc1. The molecule has 6 nitrogen and oxygen atoms in total. The number of anilines is 1. The molecule has 0 aliphatic carbocycles. The Bertz CT molecular complexity index is 1200. The molecule has 1 aliphatic heterocycles. The third kappa shape index (κ3) is 6.11. The van der Waals surface area contributed by atoms with Crippen molar-refractivity contribution in [3.63, 3.8) is 0 Å². The Labute approximate surface area is 211 Å². The predicted molar refractivity (Wildman–Crippen MR) is 138 cm³/mol. The minimum absolute atomic E-state index is 0.0365. The third-order valence-corrected chi connectivity index (χ3v) is 6.67. The van der Waals surface area contributed by atoms with Crippen molar-refractivity contribution in [1.29, 1.82) is 0 Å². The van der Waals surface area contributed by atoms with E-state index >= 15 is 0 Å². The number of carbonyl (C=O) groups is 2. The van der Waals surface area contributed by atoms with Gasteiger partial charge in [0.1, 0.15) is 11.0 Å². The first kappa shape index (κ1) is 24.1. The van der Waals surface area contributed by atoms with Crippen LogP contribution in [0.1, 0.15) is 12.0 Å². The van der Waals surface area contributed by atoms with Gasteiger partial charge >= 0.3 is 0 Å². The van der Waals surface area contributed by atoms with Crippen molar-refractivity contribution in [2.45, 2.75) is 18.2 Å². The third-order valence-electron chi connectivity index (χ3n) is 5.04. The lowest BCUT2D eigenvalue weighted by Crippen LogP contribution is -2.44. The summed E-state index contributed by atoms with van der Waals surface area (Å²) in [5.74, 6) is 0.231. The lowest BCUT2D eigenvalue weighted by Gasteiger charge is -2.32. The zero-order valence-corrected chi connectivity index (χ0v) is 20.5. The monoisotopic (exact) mass is 513 g/mol. The number of ether oxygens (including phenoxy) is 1. The molecular weight excluding hydrogens is 493 g/mol. The number of nitrogens with zero attached hydrogens (tertiary/aromatic N) is 2. The van der Waals surface area contributed by atoms with E-state index in [1.807, 2.05) is 54.6 Å². The first-order valence-corrected chi connectivity index (χ1v) is 12.1. The van der Waals surface area contributed by atoms with E-state index in [4.69, 9.17) is 27.9 Å². The van der Waals surface area contributed by atoms with Gasteiger partial charge in [-0.15, -0.1) is 0 Å². The van der Waals surface area contributed by atoms with Gasteiger partial charge < -0.3 is 10.1 Å². The summed E-state index contributed by atoms with van der Waals surface area (Å²) in [6, 6.07) is 21.6. The second-order valence-electron chi connectivity index (χ2n) is 7.52. The molecule has 1 atom stereocenters. The van der Waals surface area contributed by atoms with Crippen LogP contribution in [-0.4, -0.2) is 34.2 Å². The predicted octanol–water partition coefficient (Wildman–Crippen LogP) is 6.16. The van der Waals surface area contributed by atoms with E-state index in [-0.39, 0.29) is 18.2 Å². The molecule has 0 radical (unpaired) electrons. The van der Waals surface area contributed by atoms with Crippen LogP contribution in [0.15, 0.2) is 77.8 Å². The second kappa shape index (κ2) is 11.0. The van der Waals surface area contributed by atoms with Crippen molar-refractivity contribution >= 4 is 63.3 Å². The van der Waals surface area contributed by atoms with Crippen LogP contribution >= 0.6 is 35.0 Å². The summed E-state index contributed by atoms with van der Waals surface area (Å²) in [5, 5.41) is 3.43. The zero-order chi connectivity index (χ0) is 24.1. The van der Waals surface area contributed by atoms with E-state index in [0.29, 0.717) is 33.1 Å². The number of amides is 2. The van der Waals surface area contributed by atoms with Crippen molar-refractivity contribution in [3.05, 3.63) is 88.4 Å². The molecule has 174 valence electrons. The number of carbonyl (C=O) groups excluding carboxylic acids is 2. The number of nitrogens with one attached hydrogen (secondary N) is 1. The summed E-state index contributed by atoms with van der Waals surface area (Å²) in [6.45, 7) is 0.333. The highest BCUT2D eigenvalue weighted by Crippen LogP contribution is 2.32. The molecule has 2 amide bonds. The number of methoxy groups -OCH3 is 1.